The SMILES string of the molecule is CCOC(=O)COc1ccc(/C=C2\C(=O)NC(=O)N(c3ccc4c(c3)OCO4)C2=O)cc1. The lowest BCUT2D eigenvalue weighted by Crippen LogP contribution is -2.54. The molecule has 2 heterocycles. The summed E-state index contributed by atoms with van der Waals surface area (Å²) in [6.45, 7) is 1.77. The van der Waals surface area contributed by atoms with Crippen LogP contribution < -0.4 is 24.4 Å². The van der Waals surface area contributed by atoms with Crippen LogP contribution in [0.5, 0.6) is 17.2 Å². The first-order chi connectivity index (χ1) is 15.5. The Morgan fingerprint density at radius 3 is 2.59 bits per heavy atom. The van der Waals surface area contributed by atoms with Crippen LogP contribution in [0.3, 0.4) is 0 Å². The van der Waals surface area contributed by atoms with Crippen LogP contribution >= 0.6 is 0 Å². The molecule has 2 aliphatic rings. The molecule has 32 heavy (non-hydrogen) atoms. The number of ether oxygens (including phenoxy) is 4. The molecular formula is C22H18N2O8. The van der Waals surface area contributed by atoms with Crippen molar-refractivity contribution in [2.24, 2.45) is 0 Å². The molecule has 4 rings (SSSR count). The molecule has 0 radical (unpaired) electrons. The van der Waals surface area contributed by atoms with Crippen LogP contribution in [0.2, 0.25) is 0 Å². The van der Waals surface area contributed by atoms with E-state index in [2.05, 4.69) is 5.32 Å². The number of fused-ring (bicyclic) bond motifs is 1. The van der Waals surface area contributed by atoms with E-state index in [1.54, 1.807) is 37.3 Å². The fourth-order valence-electron chi connectivity index (χ4n) is 3.09. The van der Waals surface area contributed by atoms with E-state index < -0.39 is 23.8 Å². The van der Waals surface area contributed by atoms with Gasteiger partial charge in [0.25, 0.3) is 11.8 Å². The minimum atomic E-state index is -0.862. The summed E-state index contributed by atoms with van der Waals surface area (Å²) in [6.07, 6.45) is 1.36. The van der Waals surface area contributed by atoms with Crippen molar-refractivity contribution in [3.8, 4) is 17.2 Å². The van der Waals surface area contributed by atoms with Gasteiger partial charge in [0.1, 0.15) is 11.3 Å². The molecule has 164 valence electrons. The van der Waals surface area contributed by atoms with Crippen molar-refractivity contribution in [1.82, 2.24) is 5.32 Å². The number of imide groups is 2. The van der Waals surface area contributed by atoms with Crippen LogP contribution in [0.4, 0.5) is 10.5 Å². The second-order valence-corrected chi connectivity index (χ2v) is 6.66. The van der Waals surface area contributed by atoms with Crippen molar-refractivity contribution in [3.05, 3.63) is 53.6 Å². The Kier molecular flexibility index (Phi) is 5.75. The molecule has 4 amide bonds. The zero-order chi connectivity index (χ0) is 22.7. The van der Waals surface area contributed by atoms with Gasteiger partial charge in [-0.3, -0.25) is 14.9 Å². The predicted molar refractivity (Wildman–Crippen MR) is 110 cm³/mol. The molecule has 0 aliphatic carbocycles. The maximum atomic E-state index is 13.0. The molecule has 1 N–H and O–H groups in total. The smallest absolute Gasteiger partial charge is 0.344 e. The van der Waals surface area contributed by atoms with E-state index in [0.717, 1.165) is 4.90 Å². The van der Waals surface area contributed by atoms with Crippen molar-refractivity contribution < 1.29 is 38.1 Å². The summed E-state index contributed by atoms with van der Waals surface area (Å²) in [5, 5.41) is 2.16. The van der Waals surface area contributed by atoms with Gasteiger partial charge in [-0.05, 0) is 42.8 Å². The Hall–Kier alpha value is -4.34. The Bertz CT molecular complexity index is 1120. The van der Waals surface area contributed by atoms with Gasteiger partial charge in [0.15, 0.2) is 18.1 Å². The number of anilines is 1. The van der Waals surface area contributed by atoms with Gasteiger partial charge in [-0.15, -0.1) is 0 Å². The van der Waals surface area contributed by atoms with Gasteiger partial charge in [-0.2, -0.15) is 0 Å². The second kappa shape index (κ2) is 8.80. The molecule has 2 aliphatic heterocycles. The number of amides is 4. The standard InChI is InChI=1S/C22H18N2O8/c1-2-29-19(25)11-30-15-6-3-13(4-7-15)9-16-20(26)23-22(28)24(21(16)27)14-5-8-17-18(10-14)32-12-31-17/h3-10H,2,11-12H2,1H3,(H,23,26,28)/b16-9+. The second-order valence-electron chi connectivity index (χ2n) is 6.66. The summed E-state index contributed by atoms with van der Waals surface area (Å²) >= 11 is 0. The van der Waals surface area contributed by atoms with E-state index in [9.17, 15) is 19.2 Å². The maximum absolute atomic E-state index is 13.0. The third-order valence-corrected chi connectivity index (χ3v) is 4.57. The molecule has 1 fully saturated rings. The lowest BCUT2D eigenvalue weighted by Gasteiger charge is -2.26. The van der Waals surface area contributed by atoms with E-state index in [1.807, 2.05) is 0 Å². The summed E-state index contributed by atoms with van der Waals surface area (Å²) in [5.74, 6) is -0.771. The number of carbonyl (C=O) groups excluding carboxylic acids is 4. The highest BCUT2D eigenvalue weighted by Gasteiger charge is 2.37. The lowest BCUT2D eigenvalue weighted by molar-refractivity contribution is -0.145. The Morgan fingerprint density at radius 1 is 1.09 bits per heavy atom. The number of hydrogen-bond acceptors (Lipinski definition) is 8. The summed E-state index contributed by atoms with van der Waals surface area (Å²) in [5.41, 5.74) is 0.535. The van der Waals surface area contributed by atoms with Gasteiger partial charge in [-0.25, -0.2) is 14.5 Å². The first kappa shape index (κ1) is 20.9. The quantitative estimate of drug-likeness (QED) is 0.413. The first-order valence-corrected chi connectivity index (χ1v) is 9.66. The van der Waals surface area contributed by atoms with Crippen molar-refractivity contribution in [1.29, 1.82) is 0 Å². The summed E-state index contributed by atoms with van der Waals surface area (Å²) in [6, 6.07) is 10.1. The van der Waals surface area contributed by atoms with Crippen molar-refractivity contribution in [3.63, 3.8) is 0 Å². The van der Waals surface area contributed by atoms with E-state index in [0.29, 0.717) is 22.8 Å². The van der Waals surface area contributed by atoms with Gasteiger partial charge >= 0.3 is 12.0 Å². The number of rotatable bonds is 6. The number of hydrogen-bond donors (Lipinski definition) is 1. The number of esters is 1. The monoisotopic (exact) mass is 438 g/mol. The number of urea groups is 1. The molecule has 10 nitrogen and oxygen atoms in total. The number of nitrogens with zero attached hydrogens (tertiary/aromatic N) is 1. The van der Waals surface area contributed by atoms with E-state index in [1.165, 1.54) is 18.2 Å². The average molecular weight is 438 g/mol. The molecule has 0 saturated carbocycles. The molecule has 1 saturated heterocycles. The molecule has 10 heteroatoms. The minimum absolute atomic E-state index is 0.0437. The van der Waals surface area contributed by atoms with Gasteiger partial charge in [0.2, 0.25) is 6.79 Å². The van der Waals surface area contributed by atoms with E-state index in [-0.39, 0.29) is 31.3 Å². The van der Waals surface area contributed by atoms with Crippen LogP contribution in [0, 0.1) is 0 Å². The molecule has 2 aromatic rings. The fraction of sp³-hybridized carbons (Fsp3) is 0.182. The van der Waals surface area contributed by atoms with Crippen LogP contribution in [-0.4, -0.2) is 43.8 Å². The summed E-state index contributed by atoms with van der Waals surface area (Å²) in [4.78, 5) is 49.9. The summed E-state index contributed by atoms with van der Waals surface area (Å²) in [7, 11) is 0. The van der Waals surface area contributed by atoms with Crippen molar-refractivity contribution in [2.45, 2.75) is 6.92 Å². The van der Waals surface area contributed by atoms with Gasteiger partial charge < -0.3 is 18.9 Å². The van der Waals surface area contributed by atoms with E-state index in [4.69, 9.17) is 18.9 Å². The third kappa shape index (κ3) is 4.24. The highest BCUT2D eigenvalue weighted by molar-refractivity contribution is 6.39. The number of nitrogens with one attached hydrogen (secondary N) is 1. The molecule has 0 aromatic heterocycles. The first-order valence-electron chi connectivity index (χ1n) is 9.66. The van der Waals surface area contributed by atoms with Crippen LogP contribution in [0.1, 0.15) is 12.5 Å². The number of barbiturate groups is 1. The number of benzene rings is 2. The van der Waals surface area contributed by atoms with Crippen LogP contribution in [0.15, 0.2) is 48.0 Å². The normalized spacial score (nSPS) is 16.2. The van der Waals surface area contributed by atoms with Crippen molar-refractivity contribution >= 4 is 35.6 Å². The Morgan fingerprint density at radius 2 is 1.84 bits per heavy atom. The minimum Gasteiger partial charge on any atom is -0.482 e. The fourth-order valence-corrected chi connectivity index (χ4v) is 3.09. The Labute approximate surface area is 182 Å². The van der Waals surface area contributed by atoms with Crippen LogP contribution in [0.25, 0.3) is 6.08 Å². The highest BCUT2D eigenvalue weighted by Crippen LogP contribution is 2.36. The summed E-state index contributed by atoms with van der Waals surface area (Å²) < 4.78 is 20.6. The van der Waals surface area contributed by atoms with Crippen molar-refractivity contribution in [2.75, 3.05) is 24.9 Å². The Balaban J connectivity index is 1.53. The lowest BCUT2D eigenvalue weighted by atomic mass is 10.1. The number of carbonyl (C=O) groups is 4. The average Bonchev–Trinajstić information content (AvgIpc) is 3.24. The molecule has 2 aromatic carbocycles. The largest absolute Gasteiger partial charge is 0.482 e. The molecular weight excluding hydrogens is 420 g/mol. The van der Waals surface area contributed by atoms with Gasteiger partial charge in [0.05, 0.1) is 12.3 Å². The maximum Gasteiger partial charge on any atom is 0.344 e. The molecule has 0 spiro atoms. The highest BCUT2D eigenvalue weighted by atomic mass is 16.7. The van der Waals surface area contributed by atoms with E-state index >= 15 is 0 Å². The van der Waals surface area contributed by atoms with Gasteiger partial charge in [-0.1, -0.05) is 12.1 Å². The topological polar surface area (TPSA) is 120 Å². The molecule has 0 unspecified atom stereocenters. The third-order valence-electron chi connectivity index (χ3n) is 4.57. The molecule has 0 atom stereocenters. The van der Waals surface area contributed by atoms with Gasteiger partial charge in [0, 0.05) is 6.07 Å². The zero-order valence-corrected chi connectivity index (χ0v) is 17.0. The zero-order valence-electron chi connectivity index (χ0n) is 17.0. The molecule has 0 bridgehead atoms. The predicted octanol–water partition coefficient (Wildman–Crippen LogP) is 2.02. The van der Waals surface area contributed by atoms with Crippen LogP contribution in [-0.2, 0) is 19.1 Å².